The van der Waals surface area contributed by atoms with Gasteiger partial charge in [-0.1, -0.05) is 18.2 Å². The Morgan fingerprint density at radius 3 is 2.23 bits per heavy atom. The monoisotopic (exact) mass is 559 g/mol. The Bertz CT molecular complexity index is 1620. The molecule has 0 spiro atoms. The number of carboxylic acid groups (broad SMARTS) is 1. The van der Waals surface area contributed by atoms with Crippen molar-refractivity contribution >= 4 is 22.6 Å². The van der Waals surface area contributed by atoms with Gasteiger partial charge in [0.05, 0.1) is 17.3 Å². The number of benzene rings is 3. The summed E-state index contributed by atoms with van der Waals surface area (Å²) in [5.41, 5.74) is -1.09. The summed E-state index contributed by atoms with van der Waals surface area (Å²) in [6.07, 6.45) is -9.34. The average Bonchev–Trinajstić information content (AvgIpc) is 2.80. The highest BCUT2D eigenvalue weighted by Gasteiger charge is 2.34. The number of rotatable bonds is 5. The smallest absolute Gasteiger partial charge is 0.448 e. The van der Waals surface area contributed by atoms with E-state index >= 15 is 8.78 Å². The van der Waals surface area contributed by atoms with E-state index in [1.165, 1.54) is 24.3 Å². The van der Waals surface area contributed by atoms with Crippen LogP contribution in [-0.4, -0.2) is 50.6 Å². The molecule has 1 aliphatic carbocycles. The summed E-state index contributed by atoms with van der Waals surface area (Å²) in [6.45, 7) is -3.01. The lowest BCUT2D eigenvalue weighted by Crippen LogP contribution is -2.36. The molecule has 0 unspecified atom stereocenters. The largest absolute Gasteiger partial charge is 0.478 e. The van der Waals surface area contributed by atoms with Crippen LogP contribution in [0.5, 0.6) is 0 Å². The van der Waals surface area contributed by atoms with Crippen LogP contribution in [-0.2, 0) is 0 Å². The molecular weight excluding hydrogens is 540 g/mol. The molecule has 0 atom stereocenters. The predicted octanol–water partition coefficient (Wildman–Crippen LogP) is 6.14. The Labute approximate surface area is 215 Å². The van der Waals surface area contributed by atoms with Gasteiger partial charge in [0.15, 0.2) is 5.82 Å². The number of aromatic carboxylic acids is 1. The van der Waals surface area contributed by atoms with Crippen molar-refractivity contribution in [1.29, 1.82) is 0 Å². The quantitative estimate of drug-likeness (QED) is 0.181. The van der Waals surface area contributed by atoms with Crippen molar-refractivity contribution in [2.24, 2.45) is 0 Å². The molecule has 1 aliphatic heterocycles. The average molecular weight is 559 g/mol. The van der Waals surface area contributed by atoms with Gasteiger partial charge in [0.2, 0.25) is 11.9 Å². The Hall–Kier alpha value is -4.16. The lowest BCUT2D eigenvalue weighted by Gasteiger charge is -2.23. The van der Waals surface area contributed by atoms with Gasteiger partial charge in [-0.25, -0.2) is 13.8 Å². The zero-order valence-corrected chi connectivity index (χ0v) is 20.2. The molecule has 0 radical (unpaired) electrons. The van der Waals surface area contributed by atoms with Crippen molar-refractivity contribution in [2.75, 3.05) is 32.1 Å². The standard InChI is InChI=1S/C26H18F8N2O3/c1-35(11-25(29,30)31)19-9-21-15(7-17(19)27)23(13-5-3-4-6-14(13)24(37)38)16-8-18(28)20(10-22(16)39-21)36(2)12-26(32,33)34/h3-10H,11-12H2,1-2H3/p+1. The van der Waals surface area contributed by atoms with Gasteiger partial charge in [0.1, 0.15) is 30.8 Å². The van der Waals surface area contributed by atoms with E-state index < -0.39 is 54.1 Å². The first-order valence-corrected chi connectivity index (χ1v) is 11.2. The van der Waals surface area contributed by atoms with Crippen LogP contribution in [0.1, 0.15) is 10.4 Å². The maximum absolute atomic E-state index is 15.2. The number of alkyl halides is 6. The Morgan fingerprint density at radius 1 is 0.949 bits per heavy atom. The van der Waals surface area contributed by atoms with Gasteiger partial charge >= 0.3 is 18.3 Å². The highest BCUT2D eigenvalue weighted by atomic mass is 19.4. The van der Waals surface area contributed by atoms with E-state index in [4.69, 9.17) is 4.42 Å². The molecule has 0 fully saturated rings. The van der Waals surface area contributed by atoms with E-state index in [0.29, 0.717) is 9.48 Å². The first-order chi connectivity index (χ1) is 18.1. The number of carbonyl (C=O) groups is 1. The molecule has 0 aromatic heterocycles. The van der Waals surface area contributed by atoms with E-state index in [-0.39, 0.29) is 39.0 Å². The maximum atomic E-state index is 15.2. The van der Waals surface area contributed by atoms with Crippen molar-refractivity contribution in [3.63, 3.8) is 0 Å². The lowest BCUT2D eigenvalue weighted by atomic mass is 9.90. The van der Waals surface area contributed by atoms with Crippen LogP contribution in [0.25, 0.3) is 33.4 Å². The third-order valence-corrected chi connectivity index (χ3v) is 5.94. The molecule has 1 heterocycles. The molecule has 1 N–H and O–H groups in total. The van der Waals surface area contributed by atoms with E-state index in [2.05, 4.69) is 0 Å². The van der Waals surface area contributed by atoms with Gasteiger partial charge < -0.3 is 14.4 Å². The minimum Gasteiger partial charge on any atom is -0.478 e. The van der Waals surface area contributed by atoms with Crippen LogP contribution >= 0.6 is 0 Å². The maximum Gasteiger partial charge on any atom is 0.448 e. The first-order valence-electron chi connectivity index (χ1n) is 11.2. The number of hydrogen-bond acceptors (Lipinski definition) is 3. The fraction of sp³-hybridized carbons (Fsp3) is 0.231. The van der Waals surface area contributed by atoms with Gasteiger partial charge in [0, 0.05) is 29.6 Å². The van der Waals surface area contributed by atoms with Gasteiger partial charge in [0.25, 0.3) is 0 Å². The van der Waals surface area contributed by atoms with E-state index in [0.717, 1.165) is 38.4 Å². The molecule has 2 aliphatic rings. The van der Waals surface area contributed by atoms with E-state index in [1.54, 1.807) is 0 Å². The molecule has 5 nitrogen and oxygen atoms in total. The van der Waals surface area contributed by atoms with Gasteiger partial charge in [-0.05, 0) is 23.8 Å². The highest BCUT2D eigenvalue weighted by Crippen LogP contribution is 2.43. The molecule has 39 heavy (non-hydrogen) atoms. The molecule has 0 saturated carbocycles. The van der Waals surface area contributed by atoms with Crippen molar-refractivity contribution in [3.05, 3.63) is 71.1 Å². The molecule has 0 amide bonds. The summed E-state index contributed by atoms with van der Waals surface area (Å²) < 4.78 is 114. The normalized spacial score (nSPS) is 13.2. The van der Waals surface area contributed by atoms with Crippen molar-refractivity contribution in [2.45, 2.75) is 12.4 Å². The second-order valence-electron chi connectivity index (χ2n) is 8.87. The van der Waals surface area contributed by atoms with E-state index in [9.17, 15) is 36.2 Å². The molecule has 13 heteroatoms. The third-order valence-electron chi connectivity index (χ3n) is 5.94. The fourth-order valence-corrected chi connectivity index (χ4v) is 4.38. The molecule has 4 rings (SSSR count). The summed E-state index contributed by atoms with van der Waals surface area (Å²) in [5, 5.41) is 9.14. The molecule has 0 bridgehead atoms. The Kier molecular flexibility index (Phi) is 7.04. The van der Waals surface area contributed by atoms with E-state index in [1.807, 2.05) is 0 Å². The highest BCUT2D eigenvalue weighted by molar-refractivity contribution is 6.07. The van der Waals surface area contributed by atoms with Crippen LogP contribution in [0.4, 0.5) is 40.8 Å². The minimum atomic E-state index is -4.67. The molecular formula is C26H19F8N2O3+. The number of anilines is 1. The van der Waals surface area contributed by atoms with Crippen LogP contribution in [0, 0.1) is 11.6 Å². The molecule has 2 aromatic rings. The Balaban J connectivity index is 2.13. The summed E-state index contributed by atoms with van der Waals surface area (Å²) in [4.78, 5) is 12.5. The SMILES string of the molecule is CN(CC(F)(F)F)c1cc2oc3cc(=[N+](C)CC(F)(F)F)c(F)cc-3c(-c3ccccc3C(=O)O)c2cc1F. The second-order valence-corrected chi connectivity index (χ2v) is 8.87. The number of fused-ring (bicyclic) bond motifs is 2. The lowest BCUT2D eigenvalue weighted by molar-refractivity contribution is -0.127. The third kappa shape index (κ3) is 5.81. The summed E-state index contributed by atoms with van der Waals surface area (Å²) in [5.74, 6) is -3.78. The first kappa shape index (κ1) is 27.9. The second kappa shape index (κ2) is 9.86. The fourth-order valence-electron chi connectivity index (χ4n) is 4.38. The zero-order chi connectivity index (χ0) is 28.9. The minimum absolute atomic E-state index is 0.00222. The van der Waals surface area contributed by atoms with Crippen molar-refractivity contribution < 1.29 is 49.4 Å². The number of nitrogens with zero attached hydrogens (tertiary/aromatic N) is 2. The predicted molar refractivity (Wildman–Crippen MR) is 127 cm³/mol. The van der Waals surface area contributed by atoms with Crippen LogP contribution < -0.4 is 14.8 Å². The number of halogens is 8. The van der Waals surface area contributed by atoms with Gasteiger partial charge in [-0.2, -0.15) is 30.7 Å². The van der Waals surface area contributed by atoms with Gasteiger partial charge in [-0.3, -0.25) is 0 Å². The summed E-state index contributed by atoms with van der Waals surface area (Å²) in [6, 6.07) is 9.10. The summed E-state index contributed by atoms with van der Waals surface area (Å²) >= 11 is 0. The molecule has 206 valence electrons. The zero-order valence-electron chi connectivity index (χ0n) is 20.2. The van der Waals surface area contributed by atoms with Gasteiger partial charge in [-0.15, -0.1) is 0 Å². The topological polar surface area (TPSA) is 56.7 Å². The number of hydrogen-bond donors (Lipinski definition) is 1. The van der Waals surface area contributed by atoms with Crippen LogP contribution in [0.2, 0.25) is 0 Å². The molecule has 0 saturated heterocycles. The van der Waals surface area contributed by atoms with Crippen LogP contribution in [0.3, 0.4) is 0 Å². The van der Waals surface area contributed by atoms with Crippen molar-refractivity contribution in [1.82, 2.24) is 4.58 Å². The number of carboxylic acids is 1. The Morgan fingerprint density at radius 2 is 1.62 bits per heavy atom. The summed E-state index contributed by atoms with van der Waals surface area (Å²) in [7, 11) is 2.00. The molecule has 2 aromatic carbocycles. The van der Waals surface area contributed by atoms with Crippen molar-refractivity contribution in [3.8, 4) is 22.5 Å². The van der Waals surface area contributed by atoms with Crippen LogP contribution in [0.15, 0.2) is 52.9 Å².